The molecule has 0 aromatic rings. The largest absolute Gasteiger partial charge is 0.465 e. The molecule has 1 atom stereocenters. The Labute approximate surface area is 157 Å². The first-order valence-electron chi connectivity index (χ1n) is 10.7. The number of allylic oxidation sites excluding steroid dienone is 1. The fraction of sp³-hybridized carbons (Fsp3) is 0.870. The number of carbonyl (C=O) groups excluding carboxylic acids is 1. The number of hydrogen-bond donors (Lipinski definition) is 0. The van der Waals surface area contributed by atoms with Gasteiger partial charge in [-0.25, -0.2) is 0 Å². The first kappa shape index (κ1) is 24.2. The van der Waals surface area contributed by atoms with E-state index in [1.807, 2.05) is 19.9 Å². The van der Waals surface area contributed by atoms with E-state index < -0.39 is 0 Å². The number of carbonyl (C=O) groups is 1. The van der Waals surface area contributed by atoms with Gasteiger partial charge in [0.15, 0.2) is 0 Å². The monoisotopic (exact) mass is 352 g/mol. The standard InChI is InChI=1S/C23H44O2/c1-6-9-11-13-14-16-18-21(17-15-12-10-7-2)20-25-22(24)19-23(4,5)8-3/h8,21H,3,6-7,9-20H2,1-2,4-5H3. The maximum atomic E-state index is 12.1. The van der Waals surface area contributed by atoms with Crippen molar-refractivity contribution >= 4 is 5.97 Å². The van der Waals surface area contributed by atoms with Gasteiger partial charge in [-0.05, 0) is 24.2 Å². The second-order valence-electron chi connectivity index (χ2n) is 8.32. The van der Waals surface area contributed by atoms with Gasteiger partial charge < -0.3 is 4.74 Å². The van der Waals surface area contributed by atoms with Gasteiger partial charge in [0.25, 0.3) is 0 Å². The van der Waals surface area contributed by atoms with Crippen molar-refractivity contribution < 1.29 is 9.53 Å². The highest BCUT2D eigenvalue weighted by molar-refractivity contribution is 5.70. The van der Waals surface area contributed by atoms with E-state index in [0.29, 0.717) is 18.9 Å². The van der Waals surface area contributed by atoms with Gasteiger partial charge in [-0.3, -0.25) is 4.79 Å². The van der Waals surface area contributed by atoms with Gasteiger partial charge in [-0.2, -0.15) is 0 Å². The molecule has 0 aliphatic carbocycles. The molecule has 148 valence electrons. The maximum Gasteiger partial charge on any atom is 0.306 e. The normalized spacial score (nSPS) is 12.8. The predicted octanol–water partition coefficient (Wildman–Crippen LogP) is 7.47. The van der Waals surface area contributed by atoms with E-state index in [9.17, 15) is 4.79 Å². The number of hydrogen-bond acceptors (Lipinski definition) is 2. The molecule has 1 unspecified atom stereocenters. The van der Waals surface area contributed by atoms with E-state index in [1.165, 1.54) is 77.0 Å². The van der Waals surface area contributed by atoms with E-state index in [0.717, 1.165) is 0 Å². The quantitative estimate of drug-likeness (QED) is 0.154. The SMILES string of the molecule is C=CC(C)(C)CC(=O)OCC(CCCCCC)CCCCCCCC. The minimum absolute atomic E-state index is 0.0774. The van der Waals surface area contributed by atoms with E-state index >= 15 is 0 Å². The zero-order valence-electron chi connectivity index (χ0n) is 17.6. The van der Waals surface area contributed by atoms with Gasteiger partial charge in [-0.1, -0.05) is 98.0 Å². The van der Waals surface area contributed by atoms with Crippen molar-refractivity contribution in [3.63, 3.8) is 0 Å². The molecular formula is C23H44O2. The second kappa shape index (κ2) is 15.5. The van der Waals surface area contributed by atoms with Crippen molar-refractivity contribution in [2.24, 2.45) is 11.3 Å². The Kier molecular flexibility index (Phi) is 15.0. The highest BCUT2D eigenvalue weighted by atomic mass is 16.5. The summed E-state index contributed by atoms with van der Waals surface area (Å²) in [7, 11) is 0. The molecule has 0 amide bonds. The molecule has 2 nitrogen and oxygen atoms in total. The Bertz CT molecular complexity index is 333. The van der Waals surface area contributed by atoms with Gasteiger partial charge in [0.05, 0.1) is 13.0 Å². The van der Waals surface area contributed by atoms with Crippen molar-refractivity contribution in [1.29, 1.82) is 0 Å². The van der Waals surface area contributed by atoms with Gasteiger partial charge in [0.2, 0.25) is 0 Å². The third-order valence-corrected chi connectivity index (χ3v) is 5.06. The summed E-state index contributed by atoms with van der Waals surface area (Å²) in [6.07, 6.45) is 17.8. The van der Waals surface area contributed by atoms with Crippen LogP contribution in [-0.4, -0.2) is 12.6 Å². The van der Waals surface area contributed by atoms with E-state index in [2.05, 4.69) is 20.4 Å². The Hall–Kier alpha value is -0.790. The van der Waals surface area contributed by atoms with Crippen LogP contribution >= 0.6 is 0 Å². The summed E-state index contributed by atoms with van der Waals surface area (Å²) in [6, 6.07) is 0. The lowest BCUT2D eigenvalue weighted by atomic mass is 9.90. The first-order valence-corrected chi connectivity index (χ1v) is 10.7. The molecule has 0 bridgehead atoms. The summed E-state index contributed by atoms with van der Waals surface area (Å²) in [6.45, 7) is 13.0. The van der Waals surface area contributed by atoms with Crippen LogP contribution in [0.3, 0.4) is 0 Å². The molecule has 0 radical (unpaired) electrons. The lowest BCUT2D eigenvalue weighted by molar-refractivity contribution is -0.146. The summed E-state index contributed by atoms with van der Waals surface area (Å²) in [4.78, 5) is 12.1. The number of rotatable bonds is 17. The molecule has 2 heteroatoms. The number of ether oxygens (including phenoxy) is 1. The lowest BCUT2D eigenvalue weighted by Gasteiger charge is -2.21. The van der Waals surface area contributed by atoms with Crippen LogP contribution in [0.5, 0.6) is 0 Å². The topological polar surface area (TPSA) is 26.3 Å². The first-order chi connectivity index (χ1) is 11.9. The minimum Gasteiger partial charge on any atom is -0.465 e. The molecule has 0 rings (SSSR count). The fourth-order valence-corrected chi connectivity index (χ4v) is 3.09. The van der Waals surface area contributed by atoms with Crippen LogP contribution in [-0.2, 0) is 9.53 Å². The summed E-state index contributed by atoms with van der Waals surface area (Å²) < 4.78 is 5.61. The molecule has 0 saturated carbocycles. The third kappa shape index (κ3) is 15.2. The van der Waals surface area contributed by atoms with Crippen LogP contribution in [0, 0.1) is 11.3 Å². The van der Waals surface area contributed by atoms with Crippen LogP contribution in [0.15, 0.2) is 12.7 Å². The van der Waals surface area contributed by atoms with Gasteiger partial charge in [0.1, 0.15) is 0 Å². The van der Waals surface area contributed by atoms with E-state index in [1.54, 1.807) is 0 Å². The predicted molar refractivity (Wildman–Crippen MR) is 110 cm³/mol. The molecule has 0 fully saturated rings. The zero-order chi connectivity index (χ0) is 19.0. The number of unbranched alkanes of at least 4 members (excludes halogenated alkanes) is 8. The minimum atomic E-state index is -0.174. The highest BCUT2D eigenvalue weighted by Crippen LogP contribution is 2.23. The zero-order valence-corrected chi connectivity index (χ0v) is 17.6. The highest BCUT2D eigenvalue weighted by Gasteiger charge is 2.20. The Morgan fingerprint density at radius 1 is 0.920 bits per heavy atom. The van der Waals surface area contributed by atoms with Crippen molar-refractivity contribution in [2.75, 3.05) is 6.61 Å². The van der Waals surface area contributed by atoms with Crippen LogP contribution in [0.2, 0.25) is 0 Å². The Morgan fingerprint density at radius 3 is 1.92 bits per heavy atom. The van der Waals surface area contributed by atoms with Crippen molar-refractivity contribution in [3.8, 4) is 0 Å². The van der Waals surface area contributed by atoms with Crippen molar-refractivity contribution in [1.82, 2.24) is 0 Å². The molecule has 25 heavy (non-hydrogen) atoms. The number of esters is 1. The summed E-state index contributed by atoms with van der Waals surface area (Å²) in [5.74, 6) is 0.463. The van der Waals surface area contributed by atoms with Crippen LogP contribution in [0.25, 0.3) is 0 Å². The van der Waals surface area contributed by atoms with E-state index in [4.69, 9.17) is 4.74 Å². The molecule has 0 aliphatic rings. The van der Waals surface area contributed by atoms with Gasteiger partial charge >= 0.3 is 5.97 Å². The van der Waals surface area contributed by atoms with E-state index in [-0.39, 0.29) is 11.4 Å². The molecule has 0 heterocycles. The Balaban J connectivity index is 4.14. The van der Waals surface area contributed by atoms with Crippen LogP contribution in [0.4, 0.5) is 0 Å². The summed E-state index contributed by atoms with van der Waals surface area (Å²) >= 11 is 0. The average Bonchev–Trinajstić information content (AvgIpc) is 2.58. The van der Waals surface area contributed by atoms with Gasteiger partial charge in [-0.15, -0.1) is 6.58 Å². The van der Waals surface area contributed by atoms with Crippen LogP contribution in [0.1, 0.15) is 111 Å². The second-order valence-corrected chi connectivity index (χ2v) is 8.32. The molecule has 0 N–H and O–H groups in total. The molecule has 0 spiro atoms. The summed E-state index contributed by atoms with van der Waals surface area (Å²) in [5, 5.41) is 0. The van der Waals surface area contributed by atoms with Crippen molar-refractivity contribution in [3.05, 3.63) is 12.7 Å². The average molecular weight is 353 g/mol. The molecule has 0 aliphatic heterocycles. The summed E-state index contributed by atoms with van der Waals surface area (Å²) in [5.41, 5.74) is -0.174. The smallest absolute Gasteiger partial charge is 0.306 e. The molecule has 0 aromatic carbocycles. The van der Waals surface area contributed by atoms with Crippen LogP contribution < -0.4 is 0 Å². The molecular weight excluding hydrogens is 308 g/mol. The van der Waals surface area contributed by atoms with Gasteiger partial charge in [0, 0.05) is 0 Å². The lowest BCUT2D eigenvalue weighted by Crippen LogP contribution is -2.20. The maximum absolute atomic E-state index is 12.1. The third-order valence-electron chi connectivity index (χ3n) is 5.06. The Morgan fingerprint density at radius 2 is 1.40 bits per heavy atom. The molecule has 0 aromatic heterocycles. The fourth-order valence-electron chi connectivity index (χ4n) is 3.09. The molecule has 0 saturated heterocycles. The van der Waals surface area contributed by atoms with Crippen molar-refractivity contribution in [2.45, 2.75) is 111 Å².